The Hall–Kier alpha value is -2.29. The molecular weight excluding hydrogens is 215 g/mol. The molecule has 0 atom stereocenters. The van der Waals surface area contributed by atoms with E-state index in [2.05, 4.69) is 10.2 Å². The third-order valence-electron chi connectivity index (χ3n) is 2.63. The van der Waals surface area contributed by atoms with Crippen LogP contribution in [0.25, 0.3) is 22.2 Å². The Balaban J connectivity index is 2.14. The van der Waals surface area contributed by atoms with Gasteiger partial charge in [-0.2, -0.15) is 0 Å². The molecule has 0 aliphatic rings. The highest BCUT2D eigenvalue weighted by Gasteiger charge is 2.02. The molecule has 0 spiro atoms. The number of aromatic nitrogens is 2. The maximum atomic E-state index is 12.8. The molecule has 82 valence electrons. The van der Waals surface area contributed by atoms with E-state index >= 15 is 0 Å². The van der Waals surface area contributed by atoms with Gasteiger partial charge in [0.25, 0.3) is 0 Å². The standard InChI is InChI=1S/C14H9FN2/c15-12-7-5-10(6-8-12)14-9-11-3-1-2-4-13(11)16-17-14/h1-9H. The van der Waals surface area contributed by atoms with Gasteiger partial charge in [-0.05, 0) is 36.4 Å². The maximum absolute atomic E-state index is 12.8. The van der Waals surface area contributed by atoms with Gasteiger partial charge < -0.3 is 0 Å². The molecule has 1 heterocycles. The second-order valence-electron chi connectivity index (χ2n) is 3.80. The third-order valence-corrected chi connectivity index (χ3v) is 2.63. The monoisotopic (exact) mass is 224 g/mol. The van der Waals surface area contributed by atoms with E-state index in [1.54, 1.807) is 12.1 Å². The Labute approximate surface area is 97.7 Å². The van der Waals surface area contributed by atoms with Crippen molar-refractivity contribution >= 4 is 10.9 Å². The van der Waals surface area contributed by atoms with Crippen LogP contribution in [0.4, 0.5) is 4.39 Å². The first-order valence-corrected chi connectivity index (χ1v) is 5.31. The molecule has 0 fully saturated rings. The summed E-state index contributed by atoms with van der Waals surface area (Å²) in [6, 6.07) is 16.0. The van der Waals surface area contributed by atoms with Crippen molar-refractivity contribution in [3.63, 3.8) is 0 Å². The first-order chi connectivity index (χ1) is 8.33. The number of halogens is 1. The van der Waals surface area contributed by atoms with Gasteiger partial charge in [0.2, 0.25) is 0 Å². The van der Waals surface area contributed by atoms with Gasteiger partial charge >= 0.3 is 0 Å². The van der Waals surface area contributed by atoms with Crippen LogP contribution in [0.5, 0.6) is 0 Å². The second-order valence-corrected chi connectivity index (χ2v) is 3.80. The van der Waals surface area contributed by atoms with Gasteiger partial charge in [-0.3, -0.25) is 0 Å². The molecule has 1 aromatic heterocycles. The summed E-state index contributed by atoms with van der Waals surface area (Å²) in [4.78, 5) is 0. The lowest BCUT2D eigenvalue weighted by molar-refractivity contribution is 0.628. The largest absolute Gasteiger partial charge is 0.207 e. The Kier molecular flexibility index (Phi) is 2.29. The normalized spacial score (nSPS) is 10.6. The molecule has 0 bridgehead atoms. The molecule has 3 rings (SSSR count). The molecule has 0 amide bonds. The minimum atomic E-state index is -0.248. The Morgan fingerprint density at radius 3 is 2.41 bits per heavy atom. The number of nitrogens with zero attached hydrogens (tertiary/aromatic N) is 2. The van der Waals surface area contributed by atoms with Gasteiger partial charge in [0.15, 0.2) is 0 Å². The average molecular weight is 224 g/mol. The predicted octanol–water partition coefficient (Wildman–Crippen LogP) is 3.44. The smallest absolute Gasteiger partial charge is 0.123 e. The average Bonchev–Trinajstić information content (AvgIpc) is 2.39. The van der Waals surface area contributed by atoms with E-state index in [0.717, 1.165) is 22.2 Å². The van der Waals surface area contributed by atoms with E-state index in [9.17, 15) is 4.39 Å². The van der Waals surface area contributed by atoms with Gasteiger partial charge in [0, 0.05) is 10.9 Å². The van der Waals surface area contributed by atoms with Crippen molar-refractivity contribution in [1.82, 2.24) is 10.2 Å². The van der Waals surface area contributed by atoms with Gasteiger partial charge in [-0.1, -0.05) is 18.2 Å². The SMILES string of the molecule is Fc1ccc(-c2cc3ccccc3nn2)cc1. The van der Waals surface area contributed by atoms with E-state index in [-0.39, 0.29) is 5.82 Å². The maximum Gasteiger partial charge on any atom is 0.123 e. The quantitative estimate of drug-likeness (QED) is 0.632. The van der Waals surface area contributed by atoms with E-state index < -0.39 is 0 Å². The van der Waals surface area contributed by atoms with Crippen LogP contribution in [0.3, 0.4) is 0 Å². The lowest BCUT2D eigenvalue weighted by atomic mass is 10.1. The molecule has 3 heteroatoms. The van der Waals surface area contributed by atoms with Gasteiger partial charge in [-0.15, -0.1) is 10.2 Å². The number of hydrogen-bond donors (Lipinski definition) is 0. The Bertz CT molecular complexity index is 662. The van der Waals surface area contributed by atoms with Gasteiger partial charge in [0.05, 0.1) is 11.2 Å². The summed E-state index contributed by atoms with van der Waals surface area (Å²) in [5.74, 6) is -0.248. The van der Waals surface area contributed by atoms with Crippen molar-refractivity contribution in [2.75, 3.05) is 0 Å². The molecule has 0 aliphatic heterocycles. The lowest BCUT2D eigenvalue weighted by Gasteiger charge is -2.01. The van der Waals surface area contributed by atoms with Crippen LogP contribution in [-0.4, -0.2) is 10.2 Å². The van der Waals surface area contributed by atoms with Crippen molar-refractivity contribution in [2.24, 2.45) is 0 Å². The molecular formula is C14H9FN2. The summed E-state index contributed by atoms with van der Waals surface area (Å²) in [5.41, 5.74) is 2.48. The third kappa shape index (κ3) is 1.87. The summed E-state index contributed by atoms with van der Waals surface area (Å²) in [5, 5.41) is 9.30. The topological polar surface area (TPSA) is 25.8 Å². The van der Waals surface area contributed by atoms with Gasteiger partial charge in [0.1, 0.15) is 5.82 Å². The fraction of sp³-hybridized carbons (Fsp3) is 0. The molecule has 3 aromatic rings. The molecule has 2 nitrogen and oxygen atoms in total. The van der Waals surface area contributed by atoms with Crippen LogP contribution >= 0.6 is 0 Å². The van der Waals surface area contributed by atoms with Crippen molar-refractivity contribution in [1.29, 1.82) is 0 Å². The second kappa shape index (κ2) is 3.94. The molecule has 17 heavy (non-hydrogen) atoms. The van der Waals surface area contributed by atoms with Crippen LogP contribution in [0.2, 0.25) is 0 Å². The van der Waals surface area contributed by atoms with Crippen molar-refractivity contribution in [2.45, 2.75) is 0 Å². The first-order valence-electron chi connectivity index (χ1n) is 5.31. The van der Waals surface area contributed by atoms with Crippen LogP contribution < -0.4 is 0 Å². The molecule has 0 aliphatic carbocycles. The minimum Gasteiger partial charge on any atom is -0.207 e. The molecule has 0 saturated carbocycles. The zero-order chi connectivity index (χ0) is 11.7. The van der Waals surface area contributed by atoms with Crippen LogP contribution in [-0.2, 0) is 0 Å². The minimum absolute atomic E-state index is 0.248. The number of benzene rings is 2. The lowest BCUT2D eigenvalue weighted by Crippen LogP contribution is -1.88. The van der Waals surface area contributed by atoms with Crippen molar-refractivity contribution < 1.29 is 4.39 Å². The van der Waals surface area contributed by atoms with Gasteiger partial charge in [-0.25, -0.2) is 4.39 Å². The predicted molar refractivity (Wildman–Crippen MR) is 64.9 cm³/mol. The fourth-order valence-corrected chi connectivity index (χ4v) is 1.75. The molecule has 0 unspecified atom stereocenters. The van der Waals surface area contributed by atoms with Crippen molar-refractivity contribution in [3.05, 3.63) is 60.4 Å². The zero-order valence-corrected chi connectivity index (χ0v) is 8.97. The summed E-state index contributed by atoms with van der Waals surface area (Å²) < 4.78 is 12.8. The summed E-state index contributed by atoms with van der Waals surface area (Å²) in [6.45, 7) is 0. The van der Waals surface area contributed by atoms with E-state index in [0.29, 0.717) is 0 Å². The molecule has 2 aromatic carbocycles. The molecule has 0 radical (unpaired) electrons. The Morgan fingerprint density at radius 2 is 1.59 bits per heavy atom. The van der Waals surface area contributed by atoms with Crippen LogP contribution in [0.1, 0.15) is 0 Å². The number of fused-ring (bicyclic) bond motifs is 1. The zero-order valence-electron chi connectivity index (χ0n) is 8.97. The van der Waals surface area contributed by atoms with E-state index in [1.165, 1.54) is 12.1 Å². The van der Waals surface area contributed by atoms with Crippen LogP contribution in [0, 0.1) is 5.82 Å². The van der Waals surface area contributed by atoms with Crippen molar-refractivity contribution in [3.8, 4) is 11.3 Å². The Morgan fingerprint density at radius 1 is 0.824 bits per heavy atom. The van der Waals surface area contributed by atoms with E-state index in [4.69, 9.17) is 0 Å². The number of rotatable bonds is 1. The van der Waals surface area contributed by atoms with E-state index in [1.807, 2.05) is 30.3 Å². The highest BCUT2D eigenvalue weighted by Crippen LogP contribution is 2.20. The molecule has 0 saturated heterocycles. The first kappa shape index (κ1) is 9.90. The highest BCUT2D eigenvalue weighted by molar-refractivity contribution is 5.81. The van der Waals surface area contributed by atoms with Crippen LogP contribution in [0.15, 0.2) is 54.6 Å². The number of hydrogen-bond acceptors (Lipinski definition) is 2. The summed E-state index contributed by atoms with van der Waals surface area (Å²) in [6.07, 6.45) is 0. The fourth-order valence-electron chi connectivity index (χ4n) is 1.75. The highest BCUT2D eigenvalue weighted by atomic mass is 19.1. The summed E-state index contributed by atoms with van der Waals surface area (Å²) >= 11 is 0. The summed E-state index contributed by atoms with van der Waals surface area (Å²) in [7, 11) is 0. The molecule has 0 N–H and O–H groups in total.